The zero-order valence-corrected chi connectivity index (χ0v) is 27.1. The van der Waals surface area contributed by atoms with E-state index in [-0.39, 0.29) is 10.5 Å². The van der Waals surface area contributed by atoms with Crippen molar-refractivity contribution in [2.45, 2.75) is 58.1 Å². The summed E-state index contributed by atoms with van der Waals surface area (Å²) in [6, 6.07) is 16.1. The lowest BCUT2D eigenvalue weighted by atomic mass is 9.96. The lowest BCUT2D eigenvalue weighted by Gasteiger charge is -2.21. The van der Waals surface area contributed by atoms with Crippen LogP contribution in [0.2, 0.25) is 0 Å². The van der Waals surface area contributed by atoms with E-state index < -0.39 is 21.6 Å². The molecule has 0 saturated carbocycles. The summed E-state index contributed by atoms with van der Waals surface area (Å²) >= 11 is 0. The van der Waals surface area contributed by atoms with Gasteiger partial charge in [0.05, 0.1) is 29.5 Å². The Labute approximate surface area is 263 Å². The second kappa shape index (κ2) is 11.4. The minimum atomic E-state index is -4.01. The maximum Gasteiger partial charge on any atom is 0.338 e. The van der Waals surface area contributed by atoms with Gasteiger partial charge >= 0.3 is 5.97 Å². The quantitative estimate of drug-likeness (QED) is 0.221. The molecule has 1 N–H and O–H groups in total. The maximum absolute atomic E-state index is 14.0. The molecule has 45 heavy (non-hydrogen) atoms. The van der Waals surface area contributed by atoms with Crippen molar-refractivity contribution in [1.82, 2.24) is 19.3 Å². The van der Waals surface area contributed by atoms with Crippen molar-refractivity contribution in [3.8, 4) is 28.1 Å². The summed E-state index contributed by atoms with van der Waals surface area (Å²) in [7, 11) is -2.35. The molecule has 6 rings (SSSR count). The number of aryl methyl sites for hydroxylation is 2. The van der Waals surface area contributed by atoms with Crippen LogP contribution in [0.1, 0.15) is 53.4 Å². The number of benzene rings is 3. The van der Waals surface area contributed by atoms with Gasteiger partial charge in [-0.15, -0.1) is 0 Å². The van der Waals surface area contributed by atoms with Crippen molar-refractivity contribution in [3.05, 3.63) is 94.8 Å². The molecule has 0 fully saturated rings. The molecule has 0 aliphatic carbocycles. The number of carbonyl (C=O) groups excluding carboxylic acids is 1. The maximum atomic E-state index is 14.0. The van der Waals surface area contributed by atoms with Crippen molar-refractivity contribution in [2.75, 3.05) is 13.7 Å². The average Bonchev–Trinajstić information content (AvgIpc) is 3.39. The predicted molar refractivity (Wildman–Crippen MR) is 174 cm³/mol. The highest BCUT2D eigenvalue weighted by Crippen LogP contribution is 2.36. The Morgan fingerprint density at radius 3 is 2.44 bits per heavy atom. The molecule has 0 atom stereocenters. The molecule has 2 aromatic heterocycles. The van der Waals surface area contributed by atoms with Crippen molar-refractivity contribution in [1.29, 1.82) is 0 Å². The molecule has 232 valence electrons. The number of carbonyl (C=O) groups is 1. The number of hydrogen-bond acceptors (Lipinski definition) is 8. The van der Waals surface area contributed by atoms with Crippen LogP contribution >= 0.6 is 0 Å². The first-order chi connectivity index (χ1) is 21.4. The van der Waals surface area contributed by atoms with Gasteiger partial charge in [-0.3, -0.25) is 0 Å². The van der Waals surface area contributed by atoms with Crippen molar-refractivity contribution >= 4 is 27.2 Å². The van der Waals surface area contributed by atoms with E-state index in [9.17, 15) is 13.2 Å². The number of esters is 1. The zero-order valence-electron chi connectivity index (χ0n) is 26.3. The van der Waals surface area contributed by atoms with Gasteiger partial charge in [0.1, 0.15) is 16.9 Å². The van der Waals surface area contributed by atoms with Gasteiger partial charge in [-0.25, -0.2) is 27.2 Å². The third kappa shape index (κ3) is 5.83. The number of hydrogen-bond donors (Lipinski definition) is 1. The number of rotatable bonds is 6. The minimum absolute atomic E-state index is 0.144. The second-order valence-electron chi connectivity index (χ2n) is 12.4. The number of aromatic nitrogens is 3. The van der Waals surface area contributed by atoms with Crippen LogP contribution in [0.4, 0.5) is 0 Å². The van der Waals surface area contributed by atoms with E-state index in [0.29, 0.717) is 33.5 Å². The monoisotopic (exact) mass is 624 g/mol. The van der Waals surface area contributed by atoms with Crippen LogP contribution in [-0.2, 0) is 27.7 Å². The van der Waals surface area contributed by atoms with E-state index >= 15 is 0 Å². The fourth-order valence-electron chi connectivity index (χ4n) is 5.63. The summed E-state index contributed by atoms with van der Waals surface area (Å²) in [4.78, 5) is 22.7. The highest BCUT2D eigenvalue weighted by atomic mass is 32.2. The summed E-state index contributed by atoms with van der Waals surface area (Å²) in [5.74, 6) is 0.368. The molecule has 1 aliphatic rings. The molecular formula is C35H36N4O5S. The van der Waals surface area contributed by atoms with E-state index in [0.717, 1.165) is 42.0 Å². The van der Waals surface area contributed by atoms with Gasteiger partial charge in [-0.05, 0) is 100 Å². The molecule has 10 heteroatoms. The first-order valence-electron chi connectivity index (χ1n) is 14.8. The molecule has 5 aromatic rings. The van der Waals surface area contributed by atoms with E-state index in [1.165, 1.54) is 9.54 Å². The van der Waals surface area contributed by atoms with Crippen LogP contribution in [0.3, 0.4) is 0 Å². The fourth-order valence-corrected chi connectivity index (χ4v) is 6.94. The van der Waals surface area contributed by atoms with E-state index in [2.05, 4.69) is 16.4 Å². The molecule has 9 nitrogen and oxygen atoms in total. The Kier molecular flexibility index (Phi) is 7.74. The van der Waals surface area contributed by atoms with Crippen LogP contribution in [0.5, 0.6) is 5.75 Å². The summed E-state index contributed by atoms with van der Waals surface area (Å²) in [6.45, 7) is 10.8. The third-order valence-electron chi connectivity index (χ3n) is 7.88. The summed E-state index contributed by atoms with van der Waals surface area (Å²) in [6.07, 6.45) is 4.02. The number of methoxy groups -OCH3 is 1. The largest absolute Gasteiger partial charge is 0.496 e. The highest BCUT2D eigenvalue weighted by Gasteiger charge is 2.26. The Bertz CT molecular complexity index is 2040. The first kappa shape index (κ1) is 30.5. The van der Waals surface area contributed by atoms with Crippen molar-refractivity contribution < 1.29 is 22.7 Å². The fraction of sp³-hybridized carbons (Fsp3) is 0.286. The lowest BCUT2D eigenvalue weighted by Crippen LogP contribution is -2.24. The number of fused-ring (bicyclic) bond motifs is 2. The smallest absolute Gasteiger partial charge is 0.338 e. The first-order valence-corrected chi connectivity index (χ1v) is 16.3. The molecular weight excluding hydrogens is 588 g/mol. The minimum Gasteiger partial charge on any atom is -0.496 e. The van der Waals surface area contributed by atoms with Crippen LogP contribution < -0.4 is 10.1 Å². The standard InChI is InChI=1S/C35H36N4O5S/c1-21-7-10-26(11-8-21)45(41,42)39-20-29(23-9-12-27(22(2)15-23)34(40)44-35(3,4)5)32-33(39)37-19-30(38-32)24-16-25-18-36-14-13-28(25)31(17-24)43-6/h7-12,15-17,19-20,36H,13-14,18H2,1-6H3. The molecule has 3 aromatic carbocycles. The molecule has 0 spiro atoms. The normalized spacial score (nSPS) is 13.5. The predicted octanol–water partition coefficient (Wildman–Crippen LogP) is 6.23. The van der Waals surface area contributed by atoms with Gasteiger partial charge < -0.3 is 14.8 Å². The van der Waals surface area contributed by atoms with Crippen molar-refractivity contribution in [2.24, 2.45) is 0 Å². The molecule has 0 bridgehead atoms. The van der Waals surface area contributed by atoms with E-state index in [1.807, 2.05) is 46.8 Å². The SMILES string of the molecule is COc1cc(-c2cnc3c(n2)c(-c2ccc(C(=O)OC(C)(C)C)c(C)c2)cn3S(=O)(=O)c2ccc(C)cc2)cc2c1CCNC2. The summed E-state index contributed by atoms with van der Waals surface area (Å²) in [5, 5.41) is 3.41. The third-order valence-corrected chi connectivity index (χ3v) is 9.55. The molecule has 0 saturated heterocycles. The van der Waals surface area contributed by atoms with E-state index in [4.69, 9.17) is 14.5 Å². The van der Waals surface area contributed by atoms with E-state index in [1.54, 1.807) is 55.9 Å². The molecule has 3 heterocycles. The van der Waals surface area contributed by atoms with Gasteiger partial charge in [0.25, 0.3) is 10.0 Å². The highest BCUT2D eigenvalue weighted by molar-refractivity contribution is 7.90. The summed E-state index contributed by atoms with van der Waals surface area (Å²) < 4.78 is 40.4. The van der Waals surface area contributed by atoms with Gasteiger partial charge in [-0.1, -0.05) is 29.8 Å². The van der Waals surface area contributed by atoms with Crippen LogP contribution in [-0.4, -0.2) is 47.6 Å². The lowest BCUT2D eigenvalue weighted by molar-refractivity contribution is 0.00687. The molecule has 1 aliphatic heterocycles. The number of nitrogens with one attached hydrogen (secondary N) is 1. The van der Waals surface area contributed by atoms with Crippen LogP contribution in [0, 0.1) is 13.8 Å². The molecule has 0 amide bonds. The number of nitrogens with zero attached hydrogens (tertiary/aromatic N) is 3. The Balaban J connectivity index is 1.54. The van der Waals surface area contributed by atoms with Crippen molar-refractivity contribution in [3.63, 3.8) is 0 Å². The second-order valence-corrected chi connectivity index (χ2v) is 14.2. The Hall–Kier alpha value is -4.54. The molecule has 0 radical (unpaired) electrons. The Morgan fingerprint density at radius 1 is 1.00 bits per heavy atom. The number of ether oxygens (including phenoxy) is 2. The molecule has 0 unspecified atom stereocenters. The van der Waals surface area contributed by atoms with Gasteiger partial charge in [0.2, 0.25) is 0 Å². The van der Waals surface area contributed by atoms with Gasteiger partial charge in [-0.2, -0.15) is 0 Å². The zero-order chi connectivity index (χ0) is 32.1. The van der Waals surface area contributed by atoms with Gasteiger partial charge in [0, 0.05) is 23.9 Å². The van der Waals surface area contributed by atoms with Gasteiger partial charge in [0.15, 0.2) is 5.65 Å². The summed E-state index contributed by atoms with van der Waals surface area (Å²) in [5.41, 5.74) is 7.04. The van der Waals surface area contributed by atoms with Crippen LogP contribution in [0.15, 0.2) is 71.9 Å². The Morgan fingerprint density at radius 2 is 1.76 bits per heavy atom. The van der Waals surface area contributed by atoms with Crippen LogP contribution in [0.25, 0.3) is 33.5 Å². The topological polar surface area (TPSA) is 112 Å². The average molecular weight is 625 g/mol.